The normalized spacial score (nSPS) is 14.1. The van der Waals surface area contributed by atoms with Crippen molar-refractivity contribution in [3.63, 3.8) is 0 Å². The van der Waals surface area contributed by atoms with Crippen molar-refractivity contribution in [1.82, 2.24) is 19.0 Å². The summed E-state index contributed by atoms with van der Waals surface area (Å²) in [7, 11) is -2.48. The van der Waals surface area contributed by atoms with E-state index in [-0.39, 0.29) is 34.8 Å². The highest BCUT2D eigenvalue weighted by Crippen LogP contribution is 2.19. The molecule has 3 heterocycles. The van der Waals surface area contributed by atoms with E-state index in [1.165, 1.54) is 42.2 Å². The second-order valence-corrected chi connectivity index (χ2v) is 9.34. The fourth-order valence-electron chi connectivity index (χ4n) is 3.83. The maximum absolute atomic E-state index is 13.1. The van der Waals surface area contributed by atoms with E-state index < -0.39 is 21.3 Å². The number of carbonyl (C=O) groups is 1. The predicted octanol–water partition coefficient (Wildman–Crippen LogP) is 0.909. The number of rotatable bonds is 6. The van der Waals surface area contributed by atoms with Gasteiger partial charge in [0.15, 0.2) is 0 Å². The number of aromatic nitrogens is 3. The lowest BCUT2D eigenvalue weighted by atomic mass is 10.2. The third kappa shape index (κ3) is 4.15. The second kappa shape index (κ2) is 8.58. The lowest BCUT2D eigenvalue weighted by Gasteiger charge is -2.16. The van der Waals surface area contributed by atoms with Gasteiger partial charge in [0, 0.05) is 39.3 Å². The van der Waals surface area contributed by atoms with E-state index in [1.807, 2.05) is 0 Å². The summed E-state index contributed by atoms with van der Waals surface area (Å²) >= 11 is 0. The SMILES string of the molecule is Cn1c(=O)n(CCC(=O)N2CCCC2)c(=O)c2cc(S(=O)(=O)Nc3cccnc3)ccc21. The highest BCUT2D eigenvalue weighted by atomic mass is 32.2. The van der Waals surface area contributed by atoms with Gasteiger partial charge < -0.3 is 4.90 Å². The molecule has 0 unspecified atom stereocenters. The molecule has 1 fully saturated rings. The summed E-state index contributed by atoms with van der Waals surface area (Å²) in [6.45, 7) is 1.31. The zero-order chi connectivity index (χ0) is 22.9. The van der Waals surface area contributed by atoms with Gasteiger partial charge in [-0.15, -0.1) is 0 Å². The molecule has 2 aromatic heterocycles. The van der Waals surface area contributed by atoms with Crippen LogP contribution in [0.1, 0.15) is 19.3 Å². The maximum atomic E-state index is 13.1. The molecule has 10 nitrogen and oxygen atoms in total. The molecule has 0 bridgehead atoms. The Hall–Kier alpha value is -3.47. The van der Waals surface area contributed by atoms with Gasteiger partial charge in [-0.25, -0.2) is 13.2 Å². The second-order valence-electron chi connectivity index (χ2n) is 7.66. The first-order chi connectivity index (χ1) is 15.3. The number of aryl methyl sites for hydroxylation is 1. The number of carbonyl (C=O) groups excluding carboxylic acids is 1. The molecule has 1 N–H and O–H groups in total. The van der Waals surface area contributed by atoms with Crippen molar-refractivity contribution in [3.8, 4) is 0 Å². The molecule has 168 valence electrons. The summed E-state index contributed by atoms with van der Waals surface area (Å²) in [5.41, 5.74) is -0.593. The Morgan fingerprint density at radius 3 is 2.59 bits per heavy atom. The third-order valence-corrected chi connectivity index (χ3v) is 6.93. The first-order valence-corrected chi connectivity index (χ1v) is 11.7. The lowest BCUT2D eigenvalue weighted by Crippen LogP contribution is -2.40. The van der Waals surface area contributed by atoms with E-state index in [9.17, 15) is 22.8 Å². The van der Waals surface area contributed by atoms with Gasteiger partial charge in [-0.1, -0.05) is 0 Å². The van der Waals surface area contributed by atoms with Crippen molar-refractivity contribution >= 4 is 32.5 Å². The molecule has 1 saturated heterocycles. The van der Waals surface area contributed by atoms with E-state index in [2.05, 4.69) is 9.71 Å². The van der Waals surface area contributed by atoms with Gasteiger partial charge in [-0.05, 0) is 43.2 Å². The van der Waals surface area contributed by atoms with Crippen LogP contribution in [0.4, 0.5) is 5.69 Å². The van der Waals surface area contributed by atoms with Crippen molar-refractivity contribution in [2.75, 3.05) is 17.8 Å². The van der Waals surface area contributed by atoms with Crippen LogP contribution in [-0.2, 0) is 28.4 Å². The van der Waals surface area contributed by atoms with E-state index >= 15 is 0 Å². The zero-order valence-electron chi connectivity index (χ0n) is 17.5. The van der Waals surface area contributed by atoms with Crippen molar-refractivity contribution in [2.24, 2.45) is 7.05 Å². The quantitative estimate of drug-likeness (QED) is 0.587. The lowest BCUT2D eigenvalue weighted by molar-refractivity contribution is -0.130. The average Bonchev–Trinajstić information content (AvgIpc) is 3.32. The number of sulfonamides is 1. The predicted molar refractivity (Wildman–Crippen MR) is 119 cm³/mol. The Balaban J connectivity index is 1.70. The van der Waals surface area contributed by atoms with Crippen LogP contribution in [0.25, 0.3) is 10.9 Å². The number of fused-ring (bicyclic) bond motifs is 1. The first-order valence-electron chi connectivity index (χ1n) is 10.2. The monoisotopic (exact) mass is 457 g/mol. The number of amides is 1. The van der Waals surface area contributed by atoms with Crippen LogP contribution in [0.15, 0.2) is 57.2 Å². The Morgan fingerprint density at radius 1 is 1.16 bits per heavy atom. The van der Waals surface area contributed by atoms with E-state index in [0.717, 1.165) is 17.4 Å². The number of anilines is 1. The number of hydrogen-bond acceptors (Lipinski definition) is 6. The van der Waals surface area contributed by atoms with Crippen LogP contribution < -0.4 is 16.0 Å². The molecular weight excluding hydrogens is 434 g/mol. The van der Waals surface area contributed by atoms with Gasteiger partial charge in [0.25, 0.3) is 15.6 Å². The first kappa shape index (κ1) is 21.8. The van der Waals surface area contributed by atoms with Crippen LogP contribution in [0, 0.1) is 0 Å². The maximum Gasteiger partial charge on any atom is 0.331 e. The molecule has 0 saturated carbocycles. The summed E-state index contributed by atoms with van der Waals surface area (Å²) in [4.78, 5) is 43.6. The standard InChI is InChI=1S/C21H23N5O5S/c1-24-18-7-6-16(32(30,31)23-15-5-4-9-22-14-15)13-17(18)20(28)26(21(24)29)12-8-19(27)25-10-2-3-11-25/h4-7,9,13-14,23H,2-3,8,10-12H2,1H3. The van der Waals surface area contributed by atoms with Crippen molar-refractivity contribution in [3.05, 3.63) is 63.6 Å². The molecule has 1 aliphatic heterocycles. The van der Waals surface area contributed by atoms with E-state index in [4.69, 9.17) is 0 Å². The largest absolute Gasteiger partial charge is 0.343 e. The van der Waals surface area contributed by atoms with Crippen LogP contribution in [-0.4, -0.2) is 46.4 Å². The Labute approximate surface area is 184 Å². The number of nitrogens with zero attached hydrogens (tertiary/aromatic N) is 4. The number of nitrogens with one attached hydrogen (secondary N) is 1. The van der Waals surface area contributed by atoms with Crippen LogP contribution in [0.3, 0.4) is 0 Å². The molecule has 3 aromatic rings. The molecule has 1 amide bonds. The Bertz CT molecular complexity index is 1390. The van der Waals surface area contributed by atoms with E-state index in [0.29, 0.717) is 18.6 Å². The number of likely N-dealkylation sites (tertiary alicyclic amines) is 1. The molecule has 32 heavy (non-hydrogen) atoms. The van der Waals surface area contributed by atoms with Gasteiger partial charge in [0.1, 0.15) is 0 Å². The fraction of sp³-hybridized carbons (Fsp3) is 0.333. The van der Waals surface area contributed by atoms with Gasteiger partial charge in [-0.2, -0.15) is 0 Å². The molecule has 1 aliphatic rings. The summed E-state index contributed by atoms with van der Waals surface area (Å²) < 4.78 is 30.3. The highest BCUT2D eigenvalue weighted by molar-refractivity contribution is 7.92. The minimum absolute atomic E-state index is 0.0290. The van der Waals surface area contributed by atoms with E-state index in [1.54, 1.807) is 17.0 Å². The molecule has 4 rings (SSSR count). The number of benzene rings is 1. The van der Waals surface area contributed by atoms with Crippen molar-refractivity contribution in [2.45, 2.75) is 30.7 Å². The smallest absolute Gasteiger partial charge is 0.331 e. The molecule has 0 radical (unpaired) electrons. The van der Waals surface area contributed by atoms with Crippen LogP contribution in [0.5, 0.6) is 0 Å². The Kier molecular flexibility index (Phi) is 5.83. The van der Waals surface area contributed by atoms with Crippen molar-refractivity contribution in [1.29, 1.82) is 0 Å². The molecule has 11 heteroatoms. The van der Waals surface area contributed by atoms with Gasteiger partial charge in [0.2, 0.25) is 5.91 Å². The van der Waals surface area contributed by atoms with Crippen molar-refractivity contribution < 1.29 is 13.2 Å². The molecule has 0 aliphatic carbocycles. The topological polar surface area (TPSA) is 123 Å². The number of pyridine rings is 1. The average molecular weight is 458 g/mol. The van der Waals surface area contributed by atoms with Crippen LogP contribution in [0.2, 0.25) is 0 Å². The minimum atomic E-state index is -3.98. The molecule has 0 spiro atoms. The highest BCUT2D eigenvalue weighted by Gasteiger charge is 2.21. The van der Waals surface area contributed by atoms with Gasteiger partial charge >= 0.3 is 5.69 Å². The zero-order valence-corrected chi connectivity index (χ0v) is 18.3. The molecule has 0 atom stereocenters. The Morgan fingerprint density at radius 2 is 1.91 bits per heavy atom. The minimum Gasteiger partial charge on any atom is -0.343 e. The fourth-order valence-corrected chi connectivity index (χ4v) is 4.90. The molecule has 1 aromatic carbocycles. The summed E-state index contributed by atoms with van der Waals surface area (Å²) in [5.74, 6) is -0.103. The van der Waals surface area contributed by atoms with Gasteiger partial charge in [0.05, 0.1) is 27.7 Å². The third-order valence-electron chi connectivity index (χ3n) is 5.55. The summed E-state index contributed by atoms with van der Waals surface area (Å²) in [6.07, 6.45) is 4.82. The van der Waals surface area contributed by atoms with Gasteiger partial charge in [-0.3, -0.25) is 28.4 Å². The van der Waals surface area contributed by atoms with Crippen LogP contribution >= 0.6 is 0 Å². The summed E-state index contributed by atoms with van der Waals surface area (Å²) in [5, 5.41) is 0.0785. The summed E-state index contributed by atoms with van der Waals surface area (Å²) in [6, 6.07) is 7.15. The number of hydrogen-bond donors (Lipinski definition) is 1. The molecular formula is C21H23N5O5S.